The first-order chi connectivity index (χ1) is 6.86. The van der Waals surface area contributed by atoms with E-state index in [0.29, 0.717) is 6.61 Å². The van der Waals surface area contributed by atoms with Gasteiger partial charge in [-0.05, 0) is 17.7 Å². The molecule has 0 bridgehead atoms. The quantitative estimate of drug-likeness (QED) is 0.572. The standard InChI is InChI=1S/C11H15NO2/c1-12-14-9-3-4-10-5-7-11(13-2)8-6-10/h3-8,12H,9H2,1-2H3/b4-3+. The van der Waals surface area contributed by atoms with Gasteiger partial charge in [-0.1, -0.05) is 24.3 Å². The molecule has 1 aromatic carbocycles. The van der Waals surface area contributed by atoms with Crippen molar-refractivity contribution in [3.63, 3.8) is 0 Å². The number of methoxy groups -OCH3 is 1. The Morgan fingerprint density at radius 1 is 1.29 bits per heavy atom. The molecule has 0 saturated heterocycles. The summed E-state index contributed by atoms with van der Waals surface area (Å²) in [5.41, 5.74) is 3.73. The maximum absolute atomic E-state index is 5.05. The van der Waals surface area contributed by atoms with Crippen LogP contribution >= 0.6 is 0 Å². The van der Waals surface area contributed by atoms with Crippen molar-refractivity contribution in [1.29, 1.82) is 0 Å². The van der Waals surface area contributed by atoms with Crippen molar-refractivity contribution >= 4 is 6.08 Å². The van der Waals surface area contributed by atoms with Gasteiger partial charge in [-0.15, -0.1) is 0 Å². The van der Waals surface area contributed by atoms with Gasteiger partial charge in [0, 0.05) is 7.05 Å². The summed E-state index contributed by atoms with van der Waals surface area (Å²) in [6.07, 6.45) is 3.94. The number of hydroxylamine groups is 1. The minimum Gasteiger partial charge on any atom is -0.497 e. The maximum atomic E-state index is 5.05. The fraction of sp³-hybridized carbons (Fsp3) is 0.273. The van der Waals surface area contributed by atoms with Crippen LogP contribution in [0.4, 0.5) is 0 Å². The lowest BCUT2D eigenvalue weighted by Crippen LogP contribution is -2.06. The minimum atomic E-state index is 0.558. The number of benzene rings is 1. The Bertz CT molecular complexity index is 280. The van der Waals surface area contributed by atoms with Crippen LogP contribution in [-0.4, -0.2) is 20.8 Å². The van der Waals surface area contributed by atoms with E-state index in [1.54, 1.807) is 14.2 Å². The normalized spacial score (nSPS) is 10.7. The first kappa shape index (κ1) is 10.8. The summed E-state index contributed by atoms with van der Waals surface area (Å²) in [7, 11) is 3.40. The number of hydrogen-bond donors (Lipinski definition) is 1. The molecule has 0 aromatic heterocycles. The van der Waals surface area contributed by atoms with Gasteiger partial charge in [0.15, 0.2) is 0 Å². The van der Waals surface area contributed by atoms with Crippen LogP contribution in [0, 0.1) is 0 Å². The van der Waals surface area contributed by atoms with Crippen LogP contribution in [0.15, 0.2) is 30.3 Å². The SMILES string of the molecule is CNOC/C=C/c1ccc(OC)cc1. The van der Waals surface area contributed by atoms with Crippen LogP contribution in [0.2, 0.25) is 0 Å². The molecule has 1 N–H and O–H groups in total. The molecular formula is C11H15NO2. The smallest absolute Gasteiger partial charge is 0.118 e. The van der Waals surface area contributed by atoms with Crippen molar-refractivity contribution in [2.75, 3.05) is 20.8 Å². The summed E-state index contributed by atoms with van der Waals surface area (Å²) in [4.78, 5) is 4.94. The fourth-order valence-corrected chi connectivity index (χ4v) is 1.03. The number of ether oxygens (including phenoxy) is 1. The molecule has 1 rings (SSSR count). The molecule has 1 aromatic rings. The van der Waals surface area contributed by atoms with Crippen LogP contribution in [0.1, 0.15) is 5.56 Å². The van der Waals surface area contributed by atoms with Crippen LogP contribution in [-0.2, 0) is 4.84 Å². The number of rotatable bonds is 5. The van der Waals surface area contributed by atoms with E-state index in [1.807, 2.05) is 36.4 Å². The Balaban J connectivity index is 2.47. The summed E-state index contributed by atoms with van der Waals surface area (Å²) in [5.74, 6) is 0.869. The molecule has 0 aliphatic rings. The Labute approximate surface area is 84.3 Å². The highest BCUT2D eigenvalue weighted by atomic mass is 16.6. The van der Waals surface area contributed by atoms with E-state index in [2.05, 4.69) is 5.48 Å². The second kappa shape index (κ2) is 6.18. The lowest BCUT2D eigenvalue weighted by atomic mass is 10.2. The minimum absolute atomic E-state index is 0.558. The molecule has 0 radical (unpaired) electrons. The Morgan fingerprint density at radius 3 is 2.57 bits per heavy atom. The molecule has 0 saturated carbocycles. The Morgan fingerprint density at radius 2 is 2.00 bits per heavy atom. The van der Waals surface area contributed by atoms with Gasteiger partial charge in [0.1, 0.15) is 5.75 Å². The van der Waals surface area contributed by atoms with Crippen LogP contribution in [0.3, 0.4) is 0 Å². The van der Waals surface area contributed by atoms with Crippen molar-refractivity contribution in [3.05, 3.63) is 35.9 Å². The molecule has 0 aliphatic heterocycles. The zero-order chi connectivity index (χ0) is 10.2. The molecular weight excluding hydrogens is 178 g/mol. The summed E-state index contributed by atoms with van der Waals surface area (Å²) in [6.45, 7) is 0.558. The number of nitrogens with one attached hydrogen (secondary N) is 1. The summed E-state index contributed by atoms with van der Waals surface area (Å²) in [6, 6.07) is 7.85. The van der Waals surface area contributed by atoms with Gasteiger partial charge in [0.05, 0.1) is 13.7 Å². The van der Waals surface area contributed by atoms with Gasteiger partial charge in [-0.25, -0.2) is 5.48 Å². The lowest BCUT2D eigenvalue weighted by Gasteiger charge is -1.99. The predicted octanol–water partition coefficient (Wildman–Crippen LogP) is 1.86. The zero-order valence-corrected chi connectivity index (χ0v) is 8.49. The zero-order valence-electron chi connectivity index (χ0n) is 8.49. The van der Waals surface area contributed by atoms with Gasteiger partial charge in [-0.2, -0.15) is 0 Å². The van der Waals surface area contributed by atoms with Gasteiger partial charge >= 0.3 is 0 Å². The molecule has 3 nitrogen and oxygen atoms in total. The third-order valence-electron chi connectivity index (χ3n) is 1.75. The predicted molar refractivity (Wildman–Crippen MR) is 57.0 cm³/mol. The summed E-state index contributed by atoms with van der Waals surface area (Å²) < 4.78 is 5.05. The molecule has 0 spiro atoms. The number of hydrogen-bond acceptors (Lipinski definition) is 3. The first-order valence-corrected chi connectivity index (χ1v) is 4.46. The van der Waals surface area contributed by atoms with Crippen molar-refractivity contribution < 1.29 is 9.57 Å². The van der Waals surface area contributed by atoms with E-state index >= 15 is 0 Å². The topological polar surface area (TPSA) is 30.5 Å². The third kappa shape index (κ3) is 3.60. The van der Waals surface area contributed by atoms with Crippen molar-refractivity contribution in [2.24, 2.45) is 0 Å². The Hall–Kier alpha value is -1.32. The van der Waals surface area contributed by atoms with E-state index in [4.69, 9.17) is 9.57 Å². The van der Waals surface area contributed by atoms with Crippen molar-refractivity contribution in [1.82, 2.24) is 5.48 Å². The van der Waals surface area contributed by atoms with Gasteiger partial charge in [0.2, 0.25) is 0 Å². The molecule has 3 heteroatoms. The van der Waals surface area contributed by atoms with Crippen LogP contribution < -0.4 is 10.2 Å². The second-order valence-corrected chi connectivity index (χ2v) is 2.69. The van der Waals surface area contributed by atoms with Crippen LogP contribution in [0.25, 0.3) is 6.08 Å². The summed E-state index contributed by atoms with van der Waals surface area (Å²) in [5, 5.41) is 0. The van der Waals surface area contributed by atoms with E-state index in [-0.39, 0.29) is 0 Å². The summed E-state index contributed by atoms with van der Waals surface area (Å²) >= 11 is 0. The monoisotopic (exact) mass is 193 g/mol. The molecule has 0 fully saturated rings. The molecule has 76 valence electrons. The molecule has 14 heavy (non-hydrogen) atoms. The highest BCUT2D eigenvalue weighted by Gasteiger charge is 1.89. The average molecular weight is 193 g/mol. The highest BCUT2D eigenvalue weighted by molar-refractivity contribution is 5.50. The first-order valence-electron chi connectivity index (χ1n) is 4.46. The largest absolute Gasteiger partial charge is 0.497 e. The molecule has 0 heterocycles. The lowest BCUT2D eigenvalue weighted by molar-refractivity contribution is 0.0814. The highest BCUT2D eigenvalue weighted by Crippen LogP contribution is 2.11. The molecule has 0 unspecified atom stereocenters. The second-order valence-electron chi connectivity index (χ2n) is 2.69. The van der Waals surface area contributed by atoms with Gasteiger partial charge in [0.25, 0.3) is 0 Å². The maximum Gasteiger partial charge on any atom is 0.118 e. The third-order valence-corrected chi connectivity index (χ3v) is 1.75. The molecule has 0 atom stereocenters. The fourth-order valence-electron chi connectivity index (χ4n) is 1.03. The van der Waals surface area contributed by atoms with Gasteiger partial charge < -0.3 is 4.74 Å². The van der Waals surface area contributed by atoms with E-state index in [0.717, 1.165) is 11.3 Å². The van der Waals surface area contributed by atoms with E-state index in [1.165, 1.54) is 0 Å². The molecule has 0 amide bonds. The van der Waals surface area contributed by atoms with E-state index < -0.39 is 0 Å². The van der Waals surface area contributed by atoms with Crippen molar-refractivity contribution in [2.45, 2.75) is 0 Å². The van der Waals surface area contributed by atoms with E-state index in [9.17, 15) is 0 Å². The van der Waals surface area contributed by atoms with Gasteiger partial charge in [-0.3, -0.25) is 4.84 Å². The Kier molecular flexibility index (Phi) is 4.75. The van der Waals surface area contributed by atoms with Crippen molar-refractivity contribution in [3.8, 4) is 5.75 Å². The van der Waals surface area contributed by atoms with Crippen LogP contribution in [0.5, 0.6) is 5.75 Å². The molecule has 0 aliphatic carbocycles. The average Bonchev–Trinajstić information content (AvgIpc) is 2.25.